The Morgan fingerprint density at radius 3 is 2.68 bits per heavy atom. The van der Waals surface area contributed by atoms with Crippen molar-refractivity contribution >= 4 is 38.5 Å². The summed E-state index contributed by atoms with van der Waals surface area (Å²) in [5, 5.41) is 5.36. The first kappa shape index (κ1) is 17.4. The Morgan fingerprint density at radius 2 is 2.08 bits per heavy atom. The number of nitrogens with two attached hydrogens (primary N) is 1. The van der Waals surface area contributed by atoms with Gasteiger partial charge in [-0.1, -0.05) is 11.3 Å². The first-order chi connectivity index (χ1) is 11.7. The number of aromatic nitrogens is 1. The molecule has 0 bridgehead atoms. The lowest BCUT2D eigenvalue weighted by molar-refractivity contribution is -0.274. The molecule has 4 N–H and O–H groups in total. The van der Waals surface area contributed by atoms with Gasteiger partial charge in [0.2, 0.25) is 5.91 Å². The van der Waals surface area contributed by atoms with Crippen molar-refractivity contribution in [1.82, 2.24) is 10.3 Å². The van der Waals surface area contributed by atoms with E-state index in [0.717, 1.165) is 17.4 Å². The van der Waals surface area contributed by atoms with E-state index in [1.807, 2.05) is 0 Å². The zero-order chi connectivity index (χ0) is 18.2. The summed E-state index contributed by atoms with van der Waals surface area (Å²) in [5.41, 5.74) is 4.66. The van der Waals surface area contributed by atoms with Gasteiger partial charge in [0.05, 0.1) is 16.8 Å². The third kappa shape index (κ3) is 3.99. The van der Waals surface area contributed by atoms with Crippen molar-refractivity contribution in [3.63, 3.8) is 0 Å². The largest absolute Gasteiger partial charge is 0.573 e. The molecule has 134 valence electrons. The van der Waals surface area contributed by atoms with Crippen LogP contribution in [0.4, 0.5) is 18.3 Å². The monoisotopic (exact) mass is 374 g/mol. The minimum Gasteiger partial charge on any atom is -0.406 e. The van der Waals surface area contributed by atoms with E-state index in [1.54, 1.807) is 0 Å². The van der Waals surface area contributed by atoms with Crippen LogP contribution >= 0.6 is 11.3 Å². The van der Waals surface area contributed by atoms with E-state index in [1.165, 1.54) is 12.1 Å². The number of rotatable bonds is 5. The predicted octanol–water partition coefficient (Wildman–Crippen LogP) is 1.74. The maximum atomic E-state index is 12.3. The Labute approximate surface area is 143 Å². The molecule has 1 fully saturated rings. The zero-order valence-corrected chi connectivity index (χ0v) is 13.5. The number of carbonyl (C=O) groups is 2. The number of thiazole rings is 1. The molecule has 2 amide bonds. The second kappa shape index (κ2) is 6.15. The van der Waals surface area contributed by atoms with Gasteiger partial charge in [-0.25, -0.2) is 4.98 Å². The molecular weight excluding hydrogens is 361 g/mol. The van der Waals surface area contributed by atoms with Gasteiger partial charge in [-0.05, 0) is 25.0 Å². The number of nitrogens with one attached hydrogen (secondary N) is 2. The summed E-state index contributed by atoms with van der Waals surface area (Å²) in [6.45, 7) is -0.224. The maximum absolute atomic E-state index is 12.3. The molecule has 0 atom stereocenters. The van der Waals surface area contributed by atoms with Gasteiger partial charge in [0.1, 0.15) is 11.3 Å². The lowest BCUT2D eigenvalue weighted by atomic mass is 10.2. The van der Waals surface area contributed by atoms with E-state index in [2.05, 4.69) is 20.4 Å². The fourth-order valence-electron chi connectivity index (χ4n) is 2.22. The average Bonchev–Trinajstić information content (AvgIpc) is 3.18. The summed E-state index contributed by atoms with van der Waals surface area (Å²) in [6, 6.07) is 3.70. The number of nitrogens with zero attached hydrogens (tertiary/aromatic N) is 1. The second-order valence-corrected chi connectivity index (χ2v) is 6.52. The molecule has 1 aliphatic carbocycles. The first-order valence-electron chi connectivity index (χ1n) is 7.20. The van der Waals surface area contributed by atoms with Crippen LogP contribution in [0.15, 0.2) is 18.2 Å². The van der Waals surface area contributed by atoms with Crippen LogP contribution in [0.5, 0.6) is 5.75 Å². The van der Waals surface area contributed by atoms with Gasteiger partial charge in [-0.15, -0.1) is 13.2 Å². The number of alkyl halides is 3. The molecule has 3 rings (SSSR count). The molecule has 1 aromatic carbocycles. The summed E-state index contributed by atoms with van der Waals surface area (Å²) < 4.78 is 41.0. The fraction of sp³-hybridized carbons (Fsp3) is 0.357. The van der Waals surface area contributed by atoms with Crippen molar-refractivity contribution in [2.45, 2.75) is 24.7 Å². The van der Waals surface area contributed by atoms with Crippen LogP contribution in [0.1, 0.15) is 12.8 Å². The summed E-state index contributed by atoms with van der Waals surface area (Å²) in [5.74, 6) is -1.23. The molecule has 1 heterocycles. The Morgan fingerprint density at radius 1 is 1.36 bits per heavy atom. The third-order valence-electron chi connectivity index (χ3n) is 3.56. The molecule has 0 spiro atoms. The van der Waals surface area contributed by atoms with Gasteiger partial charge in [0, 0.05) is 6.07 Å². The number of hydrogen-bond donors (Lipinski definition) is 3. The van der Waals surface area contributed by atoms with Gasteiger partial charge >= 0.3 is 6.36 Å². The molecule has 11 heteroatoms. The SMILES string of the molecule is NCC(=O)NC1(C(=O)Nc2nc3ccc(OC(F)(F)F)cc3s2)CC1. The lowest BCUT2D eigenvalue weighted by Gasteiger charge is -2.15. The highest BCUT2D eigenvalue weighted by Gasteiger charge is 2.51. The highest BCUT2D eigenvalue weighted by atomic mass is 32.1. The standard InChI is InChI=1S/C14H13F3N4O3S/c15-14(16,17)24-7-1-2-8-9(5-7)25-12(19-8)20-11(23)13(3-4-13)21-10(22)6-18/h1-2,5H,3-4,6,18H2,(H,21,22)(H,19,20,23). The third-order valence-corrected chi connectivity index (χ3v) is 4.50. The quantitative estimate of drug-likeness (QED) is 0.739. The zero-order valence-electron chi connectivity index (χ0n) is 12.6. The van der Waals surface area contributed by atoms with Crippen molar-refractivity contribution in [3.05, 3.63) is 18.2 Å². The van der Waals surface area contributed by atoms with Crippen LogP contribution in [-0.4, -0.2) is 35.2 Å². The molecule has 0 aliphatic heterocycles. The molecule has 7 nitrogen and oxygen atoms in total. The number of hydrogen-bond acceptors (Lipinski definition) is 6. The van der Waals surface area contributed by atoms with Crippen molar-refractivity contribution in [3.8, 4) is 5.75 Å². The molecule has 1 aromatic heterocycles. The van der Waals surface area contributed by atoms with Crippen molar-refractivity contribution in [1.29, 1.82) is 0 Å². The van der Waals surface area contributed by atoms with Gasteiger partial charge < -0.3 is 15.8 Å². The average molecular weight is 374 g/mol. The van der Waals surface area contributed by atoms with Crippen LogP contribution in [0.25, 0.3) is 10.2 Å². The number of carbonyl (C=O) groups excluding carboxylic acids is 2. The fourth-order valence-corrected chi connectivity index (χ4v) is 3.11. The van der Waals surface area contributed by atoms with E-state index in [4.69, 9.17) is 5.73 Å². The second-order valence-electron chi connectivity index (χ2n) is 5.48. The van der Waals surface area contributed by atoms with E-state index < -0.39 is 23.7 Å². The number of fused-ring (bicyclic) bond motifs is 1. The highest BCUT2D eigenvalue weighted by Crippen LogP contribution is 2.38. The van der Waals surface area contributed by atoms with Crippen molar-refractivity contribution in [2.24, 2.45) is 5.73 Å². The summed E-state index contributed by atoms with van der Waals surface area (Å²) in [7, 11) is 0. The molecule has 25 heavy (non-hydrogen) atoms. The topological polar surface area (TPSA) is 106 Å². The first-order valence-corrected chi connectivity index (χ1v) is 8.01. The lowest BCUT2D eigenvalue weighted by Crippen LogP contribution is -2.48. The van der Waals surface area contributed by atoms with Crippen LogP contribution in [0.3, 0.4) is 0 Å². The number of amides is 2. The Kier molecular flexibility index (Phi) is 4.29. The molecule has 0 unspecified atom stereocenters. The number of ether oxygens (including phenoxy) is 1. The summed E-state index contributed by atoms with van der Waals surface area (Å²) in [4.78, 5) is 27.8. The maximum Gasteiger partial charge on any atom is 0.573 e. The van der Waals surface area contributed by atoms with Crippen LogP contribution in [0.2, 0.25) is 0 Å². The number of benzene rings is 1. The van der Waals surface area contributed by atoms with E-state index in [0.29, 0.717) is 23.1 Å². The van der Waals surface area contributed by atoms with Gasteiger partial charge in [-0.3, -0.25) is 14.9 Å². The Bertz CT molecular complexity index is 832. The molecule has 1 aliphatic rings. The van der Waals surface area contributed by atoms with E-state index in [9.17, 15) is 22.8 Å². The minimum atomic E-state index is -4.78. The Balaban J connectivity index is 1.74. The number of halogens is 3. The van der Waals surface area contributed by atoms with Gasteiger partial charge in [0.25, 0.3) is 5.91 Å². The summed E-state index contributed by atoms with van der Waals surface area (Å²) >= 11 is 1.01. The highest BCUT2D eigenvalue weighted by molar-refractivity contribution is 7.22. The van der Waals surface area contributed by atoms with Crippen LogP contribution in [0, 0.1) is 0 Å². The van der Waals surface area contributed by atoms with Gasteiger partial charge in [0.15, 0.2) is 5.13 Å². The number of anilines is 1. The van der Waals surface area contributed by atoms with Crippen LogP contribution in [-0.2, 0) is 9.59 Å². The van der Waals surface area contributed by atoms with Crippen LogP contribution < -0.4 is 21.1 Å². The Hall–Kier alpha value is -2.40. The van der Waals surface area contributed by atoms with E-state index in [-0.39, 0.29) is 17.4 Å². The van der Waals surface area contributed by atoms with E-state index >= 15 is 0 Å². The minimum absolute atomic E-state index is 0.220. The smallest absolute Gasteiger partial charge is 0.406 e. The molecule has 2 aromatic rings. The molecule has 0 saturated heterocycles. The predicted molar refractivity (Wildman–Crippen MR) is 84.1 cm³/mol. The van der Waals surface area contributed by atoms with Crippen molar-refractivity contribution in [2.75, 3.05) is 11.9 Å². The van der Waals surface area contributed by atoms with Gasteiger partial charge in [-0.2, -0.15) is 0 Å². The molecule has 1 saturated carbocycles. The summed E-state index contributed by atoms with van der Waals surface area (Å²) in [6.07, 6.45) is -3.81. The molecular formula is C14H13F3N4O3S. The molecule has 0 radical (unpaired) electrons. The normalized spacial score (nSPS) is 15.7. The van der Waals surface area contributed by atoms with Crippen molar-refractivity contribution < 1.29 is 27.5 Å².